The minimum absolute atomic E-state index is 0.0811. The van der Waals surface area contributed by atoms with Crippen LogP contribution in [0.15, 0.2) is 89.7 Å². The fourth-order valence-electron chi connectivity index (χ4n) is 3.25. The van der Waals surface area contributed by atoms with Crippen LogP contribution in [0.25, 0.3) is 22.4 Å². The third-order valence-corrected chi connectivity index (χ3v) is 4.71. The molecule has 0 radical (unpaired) electrons. The highest BCUT2D eigenvalue weighted by Gasteiger charge is 2.23. The van der Waals surface area contributed by atoms with E-state index in [-0.39, 0.29) is 11.1 Å². The second-order valence-corrected chi connectivity index (χ2v) is 6.72. The Kier molecular flexibility index (Phi) is 5.40. The maximum atomic E-state index is 13.2. The first kappa shape index (κ1) is 19.8. The summed E-state index contributed by atoms with van der Waals surface area (Å²) in [5.41, 5.74) is 2.06. The molecule has 3 N–H and O–H groups in total. The van der Waals surface area contributed by atoms with E-state index in [1.165, 1.54) is 24.3 Å². The van der Waals surface area contributed by atoms with Crippen molar-refractivity contribution in [3.05, 3.63) is 106 Å². The van der Waals surface area contributed by atoms with Crippen molar-refractivity contribution >= 4 is 17.6 Å². The van der Waals surface area contributed by atoms with E-state index in [0.717, 1.165) is 5.56 Å². The molecule has 0 unspecified atom stereocenters. The lowest BCUT2D eigenvalue weighted by Crippen LogP contribution is -2.26. The van der Waals surface area contributed by atoms with Crippen LogP contribution in [0.4, 0.5) is 5.69 Å². The van der Waals surface area contributed by atoms with Gasteiger partial charge in [0.25, 0.3) is 11.5 Å². The number of anilines is 1. The van der Waals surface area contributed by atoms with Gasteiger partial charge in [0.2, 0.25) is 0 Å². The monoisotopic (exact) mass is 411 g/mol. The first-order chi connectivity index (χ1) is 15.0. The summed E-state index contributed by atoms with van der Waals surface area (Å²) >= 11 is 0. The molecular formula is C24H17N3O4. The zero-order chi connectivity index (χ0) is 21.8. The van der Waals surface area contributed by atoms with Gasteiger partial charge in [-0.3, -0.25) is 9.59 Å². The van der Waals surface area contributed by atoms with Gasteiger partial charge < -0.3 is 10.4 Å². The van der Waals surface area contributed by atoms with E-state index < -0.39 is 17.4 Å². The molecule has 0 aliphatic carbocycles. The number of benzene rings is 3. The van der Waals surface area contributed by atoms with Crippen molar-refractivity contribution in [2.75, 3.05) is 5.32 Å². The molecule has 0 aliphatic rings. The Bertz CT molecular complexity index is 1300. The number of carbonyl (C=O) groups excluding carboxylic acids is 1. The predicted octanol–water partition coefficient (Wildman–Crippen LogP) is 4.05. The van der Waals surface area contributed by atoms with E-state index in [4.69, 9.17) is 5.11 Å². The predicted molar refractivity (Wildman–Crippen MR) is 117 cm³/mol. The topological polar surface area (TPSA) is 112 Å². The summed E-state index contributed by atoms with van der Waals surface area (Å²) < 4.78 is 0. The van der Waals surface area contributed by atoms with Gasteiger partial charge in [-0.15, -0.1) is 0 Å². The quantitative estimate of drug-likeness (QED) is 0.459. The summed E-state index contributed by atoms with van der Waals surface area (Å²) in [6.07, 6.45) is 0. The number of aromatic nitrogens is 2. The first-order valence-corrected chi connectivity index (χ1v) is 9.43. The second kappa shape index (κ2) is 8.46. The molecule has 7 nitrogen and oxygen atoms in total. The molecule has 3 aromatic carbocycles. The molecule has 7 heteroatoms. The van der Waals surface area contributed by atoms with Crippen LogP contribution in [0.2, 0.25) is 0 Å². The number of amides is 1. The van der Waals surface area contributed by atoms with Crippen LogP contribution in [0.3, 0.4) is 0 Å². The number of carboxylic acids is 1. The third-order valence-electron chi connectivity index (χ3n) is 4.71. The van der Waals surface area contributed by atoms with E-state index in [0.29, 0.717) is 22.5 Å². The van der Waals surface area contributed by atoms with E-state index in [2.05, 4.69) is 15.5 Å². The van der Waals surface area contributed by atoms with Crippen molar-refractivity contribution in [1.29, 1.82) is 0 Å². The van der Waals surface area contributed by atoms with Crippen LogP contribution < -0.4 is 10.9 Å². The standard InChI is InChI=1S/C24H17N3O4/c28-22(25-18-13-11-17(12-14-18)24(30)31)20-19(15-7-3-1-4-8-15)21(26-27-23(20)29)16-9-5-2-6-10-16/h1-14H,(H,25,28)(H,27,29)(H,30,31). The minimum Gasteiger partial charge on any atom is -0.478 e. The molecule has 0 bridgehead atoms. The fourth-order valence-corrected chi connectivity index (χ4v) is 3.25. The maximum Gasteiger partial charge on any atom is 0.335 e. The fraction of sp³-hybridized carbons (Fsp3) is 0. The molecule has 31 heavy (non-hydrogen) atoms. The van der Waals surface area contributed by atoms with Gasteiger partial charge in [-0.2, -0.15) is 5.10 Å². The van der Waals surface area contributed by atoms with Crippen LogP contribution in [0.5, 0.6) is 0 Å². The lowest BCUT2D eigenvalue weighted by molar-refractivity contribution is 0.0696. The van der Waals surface area contributed by atoms with E-state index in [1.807, 2.05) is 48.5 Å². The molecule has 0 fully saturated rings. The molecule has 0 aliphatic heterocycles. The molecule has 1 aromatic heterocycles. The molecule has 0 spiro atoms. The van der Waals surface area contributed by atoms with Crippen molar-refractivity contribution in [3.63, 3.8) is 0 Å². The van der Waals surface area contributed by atoms with E-state index in [9.17, 15) is 14.4 Å². The summed E-state index contributed by atoms with van der Waals surface area (Å²) in [4.78, 5) is 36.9. The summed E-state index contributed by atoms with van der Waals surface area (Å²) in [6.45, 7) is 0. The Hall–Kier alpha value is -4.52. The summed E-state index contributed by atoms with van der Waals surface area (Å²) in [5.74, 6) is -1.69. The van der Waals surface area contributed by atoms with Crippen molar-refractivity contribution in [3.8, 4) is 22.4 Å². The average molecular weight is 411 g/mol. The highest BCUT2D eigenvalue weighted by molar-refractivity contribution is 6.10. The molecule has 1 heterocycles. The molecule has 0 saturated heterocycles. The van der Waals surface area contributed by atoms with Gasteiger partial charge in [0.15, 0.2) is 0 Å². The van der Waals surface area contributed by atoms with Crippen molar-refractivity contribution in [2.24, 2.45) is 0 Å². The molecule has 0 atom stereocenters. The Morgan fingerprint density at radius 1 is 0.806 bits per heavy atom. The molecule has 152 valence electrons. The molecule has 4 aromatic rings. The molecule has 0 saturated carbocycles. The zero-order valence-corrected chi connectivity index (χ0v) is 16.2. The average Bonchev–Trinajstić information content (AvgIpc) is 2.80. The highest BCUT2D eigenvalue weighted by Crippen LogP contribution is 2.31. The number of nitrogens with zero attached hydrogens (tertiary/aromatic N) is 1. The minimum atomic E-state index is -1.07. The van der Waals surface area contributed by atoms with Crippen LogP contribution >= 0.6 is 0 Å². The lowest BCUT2D eigenvalue weighted by Gasteiger charge is -2.14. The van der Waals surface area contributed by atoms with Gasteiger partial charge in [-0.05, 0) is 29.8 Å². The number of rotatable bonds is 5. The molecule has 4 rings (SSSR count). The maximum absolute atomic E-state index is 13.2. The van der Waals surface area contributed by atoms with Gasteiger partial charge in [-0.1, -0.05) is 60.7 Å². The van der Waals surface area contributed by atoms with Crippen molar-refractivity contribution in [2.45, 2.75) is 0 Å². The van der Waals surface area contributed by atoms with Crippen LogP contribution in [-0.2, 0) is 0 Å². The lowest BCUT2D eigenvalue weighted by atomic mass is 9.95. The van der Waals surface area contributed by atoms with Gasteiger partial charge >= 0.3 is 5.97 Å². The van der Waals surface area contributed by atoms with Gasteiger partial charge in [0, 0.05) is 16.8 Å². The number of carboxylic acid groups (broad SMARTS) is 1. The summed E-state index contributed by atoms with van der Waals surface area (Å²) in [5, 5.41) is 18.4. The molecule has 1 amide bonds. The van der Waals surface area contributed by atoms with Crippen molar-refractivity contribution < 1.29 is 14.7 Å². The van der Waals surface area contributed by atoms with Crippen LogP contribution in [0, 0.1) is 0 Å². The van der Waals surface area contributed by atoms with E-state index >= 15 is 0 Å². The van der Waals surface area contributed by atoms with Crippen LogP contribution in [0.1, 0.15) is 20.7 Å². The van der Waals surface area contributed by atoms with Gasteiger partial charge in [0.05, 0.1) is 11.3 Å². The number of nitrogens with one attached hydrogen (secondary N) is 2. The summed E-state index contributed by atoms with van der Waals surface area (Å²) in [7, 11) is 0. The first-order valence-electron chi connectivity index (χ1n) is 9.43. The third kappa shape index (κ3) is 4.11. The number of hydrogen-bond donors (Lipinski definition) is 3. The van der Waals surface area contributed by atoms with E-state index in [1.54, 1.807) is 12.1 Å². The highest BCUT2D eigenvalue weighted by atomic mass is 16.4. The zero-order valence-electron chi connectivity index (χ0n) is 16.2. The Morgan fingerprint density at radius 3 is 1.97 bits per heavy atom. The number of aromatic amines is 1. The number of aromatic carboxylic acids is 1. The SMILES string of the molecule is O=C(O)c1ccc(NC(=O)c2c(-c3ccccc3)c(-c3ccccc3)n[nH]c2=O)cc1. The number of H-pyrrole nitrogens is 1. The van der Waals surface area contributed by atoms with Crippen LogP contribution in [-0.4, -0.2) is 27.2 Å². The Labute approximate surface area is 177 Å². The number of carbonyl (C=O) groups is 2. The normalized spacial score (nSPS) is 10.5. The Balaban J connectivity index is 1.84. The second-order valence-electron chi connectivity index (χ2n) is 6.72. The summed E-state index contributed by atoms with van der Waals surface area (Å²) in [6, 6.07) is 24.0. The number of hydrogen-bond acceptors (Lipinski definition) is 4. The van der Waals surface area contributed by atoms with Gasteiger partial charge in [0.1, 0.15) is 5.56 Å². The Morgan fingerprint density at radius 2 is 1.39 bits per heavy atom. The largest absolute Gasteiger partial charge is 0.478 e. The van der Waals surface area contributed by atoms with Crippen molar-refractivity contribution in [1.82, 2.24) is 10.2 Å². The van der Waals surface area contributed by atoms with Gasteiger partial charge in [-0.25, -0.2) is 9.89 Å². The molecular weight excluding hydrogens is 394 g/mol. The smallest absolute Gasteiger partial charge is 0.335 e.